The van der Waals surface area contributed by atoms with Gasteiger partial charge in [-0.15, -0.1) is 10.2 Å². The Hall–Kier alpha value is -3.78. The van der Waals surface area contributed by atoms with E-state index in [0.717, 1.165) is 17.1 Å². The van der Waals surface area contributed by atoms with E-state index in [2.05, 4.69) is 27.6 Å². The molecular weight excluding hydrogens is 448 g/mol. The van der Waals surface area contributed by atoms with E-state index in [4.69, 9.17) is 9.47 Å². The molecule has 1 heterocycles. The van der Waals surface area contributed by atoms with Gasteiger partial charge in [-0.05, 0) is 36.8 Å². The van der Waals surface area contributed by atoms with Gasteiger partial charge in [-0.25, -0.2) is 0 Å². The lowest BCUT2D eigenvalue weighted by molar-refractivity contribution is -0.115. The van der Waals surface area contributed by atoms with Gasteiger partial charge in [0.15, 0.2) is 5.16 Å². The third-order valence-electron chi connectivity index (χ3n) is 5.24. The van der Waals surface area contributed by atoms with Crippen LogP contribution in [0.15, 0.2) is 84.0 Å². The summed E-state index contributed by atoms with van der Waals surface area (Å²) in [6.07, 6.45) is 0.630. The van der Waals surface area contributed by atoms with Crippen LogP contribution in [-0.2, 0) is 11.2 Å². The molecule has 0 spiro atoms. The molecule has 0 radical (unpaired) electrons. The van der Waals surface area contributed by atoms with Gasteiger partial charge in [0.25, 0.3) is 0 Å². The minimum absolute atomic E-state index is 0.177. The van der Waals surface area contributed by atoms with Gasteiger partial charge in [-0.3, -0.25) is 9.36 Å². The van der Waals surface area contributed by atoms with Crippen molar-refractivity contribution in [3.05, 3.63) is 90.3 Å². The molecule has 0 aliphatic carbocycles. The zero-order valence-corrected chi connectivity index (χ0v) is 20.1. The van der Waals surface area contributed by atoms with Gasteiger partial charge in [0, 0.05) is 18.2 Å². The maximum Gasteiger partial charge on any atom is 0.237 e. The minimum atomic E-state index is -0.438. The van der Waals surface area contributed by atoms with Crippen molar-refractivity contribution in [1.29, 1.82) is 0 Å². The molecule has 0 saturated carbocycles. The first kappa shape index (κ1) is 23.4. The van der Waals surface area contributed by atoms with Crippen molar-refractivity contribution in [1.82, 2.24) is 14.8 Å². The summed E-state index contributed by atoms with van der Waals surface area (Å²) in [5, 5.41) is 12.0. The van der Waals surface area contributed by atoms with Crippen LogP contribution in [0, 0.1) is 0 Å². The minimum Gasteiger partial charge on any atom is -0.497 e. The van der Waals surface area contributed by atoms with Crippen molar-refractivity contribution in [2.45, 2.75) is 23.8 Å². The number of hydrogen-bond acceptors (Lipinski definition) is 6. The van der Waals surface area contributed by atoms with E-state index in [1.54, 1.807) is 32.4 Å². The maximum atomic E-state index is 13.0. The van der Waals surface area contributed by atoms with Crippen LogP contribution in [0.5, 0.6) is 11.5 Å². The Morgan fingerprint density at radius 1 is 0.971 bits per heavy atom. The molecule has 0 bridgehead atoms. The van der Waals surface area contributed by atoms with Crippen LogP contribution in [-0.4, -0.2) is 40.1 Å². The fourth-order valence-corrected chi connectivity index (χ4v) is 4.35. The number of para-hydroxylation sites is 1. The number of anilines is 1. The Balaban J connectivity index is 1.58. The number of carbonyl (C=O) groups excluding carboxylic acids is 1. The summed E-state index contributed by atoms with van der Waals surface area (Å²) >= 11 is 1.35. The second-order valence-electron chi connectivity index (χ2n) is 7.55. The molecule has 1 atom stereocenters. The van der Waals surface area contributed by atoms with Crippen molar-refractivity contribution >= 4 is 23.4 Å². The first-order valence-electron chi connectivity index (χ1n) is 10.8. The van der Waals surface area contributed by atoms with Crippen molar-refractivity contribution in [3.8, 4) is 17.2 Å². The van der Waals surface area contributed by atoms with Crippen molar-refractivity contribution in [2.24, 2.45) is 0 Å². The van der Waals surface area contributed by atoms with Gasteiger partial charge in [-0.1, -0.05) is 60.3 Å². The summed E-state index contributed by atoms with van der Waals surface area (Å²) in [5.41, 5.74) is 2.64. The van der Waals surface area contributed by atoms with Crippen LogP contribution >= 0.6 is 11.8 Å². The number of amides is 1. The van der Waals surface area contributed by atoms with Gasteiger partial charge in [0.05, 0.1) is 25.2 Å². The lowest BCUT2D eigenvalue weighted by atomic mass is 10.1. The molecule has 0 aliphatic heterocycles. The Morgan fingerprint density at radius 3 is 2.35 bits per heavy atom. The van der Waals surface area contributed by atoms with Gasteiger partial charge in [0.1, 0.15) is 17.3 Å². The lowest BCUT2D eigenvalue weighted by Crippen LogP contribution is -2.23. The maximum absolute atomic E-state index is 13.0. The number of aromatic nitrogens is 3. The Bertz CT molecular complexity index is 1250. The number of ether oxygens (including phenoxy) is 2. The molecule has 1 N–H and O–H groups in total. The van der Waals surface area contributed by atoms with Crippen LogP contribution in [0.4, 0.5) is 5.69 Å². The summed E-state index contributed by atoms with van der Waals surface area (Å²) in [6.45, 7) is 1.84. The van der Waals surface area contributed by atoms with Crippen molar-refractivity contribution in [3.63, 3.8) is 0 Å². The number of nitrogens with zero attached hydrogens (tertiary/aromatic N) is 3. The molecule has 34 heavy (non-hydrogen) atoms. The molecule has 0 aliphatic rings. The second kappa shape index (κ2) is 10.9. The number of thioether (sulfide) groups is 1. The first-order valence-corrected chi connectivity index (χ1v) is 11.7. The zero-order valence-electron chi connectivity index (χ0n) is 19.3. The summed E-state index contributed by atoms with van der Waals surface area (Å²) in [4.78, 5) is 13.0. The van der Waals surface area contributed by atoms with Crippen molar-refractivity contribution in [2.75, 3.05) is 19.5 Å². The highest BCUT2D eigenvalue weighted by Gasteiger charge is 2.22. The first-order chi connectivity index (χ1) is 16.6. The van der Waals surface area contributed by atoms with Crippen LogP contribution < -0.4 is 14.8 Å². The molecule has 1 unspecified atom stereocenters. The third-order valence-corrected chi connectivity index (χ3v) is 6.28. The highest BCUT2D eigenvalue weighted by atomic mass is 32.2. The smallest absolute Gasteiger partial charge is 0.237 e. The standard InChI is InChI=1S/C26H26N4O3S/c1-18(25(31)27-22-17-21(32-2)14-15-23(22)33-3)34-26-29-28-24(16-19-10-6-4-7-11-19)30(26)20-12-8-5-9-13-20/h4-15,17-18H,16H2,1-3H3,(H,27,31). The number of carbonyl (C=O) groups is 1. The summed E-state index contributed by atoms with van der Waals surface area (Å²) in [7, 11) is 3.14. The predicted octanol–water partition coefficient (Wildman–Crippen LogP) is 4.99. The average molecular weight is 475 g/mol. The van der Waals surface area contributed by atoms with E-state index >= 15 is 0 Å². The molecule has 7 nitrogen and oxygen atoms in total. The second-order valence-corrected chi connectivity index (χ2v) is 8.86. The van der Waals surface area contributed by atoms with E-state index in [9.17, 15) is 4.79 Å². The molecule has 174 valence electrons. The highest BCUT2D eigenvalue weighted by Crippen LogP contribution is 2.31. The van der Waals surface area contributed by atoms with Crippen LogP contribution in [0.25, 0.3) is 5.69 Å². The predicted molar refractivity (Wildman–Crippen MR) is 134 cm³/mol. The zero-order chi connectivity index (χ0) is 23.9. The number of rotatable bonds is 9. The van der Waals surface area contributed by atoms with Gasteiger partial charge >= 0.3 is 0 Å². The number of nitrogens with one attached hydrogen (secondary N) is 1. The highest BCUT2D eigenvalue weighted by molar-refractivity contribution is 8.00. The third kappa shape index (κ3) is 5.40. The van der Waals surface area contributed by atoms with E-state index in [-0.39, 0.29) is 5.91 Å². The molecule has 4 rings (SSSR count). The summed E-state index contributed by atoms with van der Waals surface area (Å²) in [5.74, 6) is 1.82. The Labute approximate surface area is 203 Å². The van der Waals surface area contributed by atoms with E-state index < -0.39 is 5.25 Å². The molecule has 0 saturated heterocycles. The van der Waals surface area contributed by atoms with E-state index in [0.29, 0.717) is 28.8 Å². The average Bonchev–Trinajstić information content (AvgIpc) is 3.26. The van der Waals surface area contributed by atoms with Crippen molar-refractivity contribution < 1.29 is 14.3 Å². The summed E-state index contributed by atoms with van der Waals surface area (Å²) in [6, 6.07) is 25.3. The summed E-state index contributed by atoms with van der Waals surface area (Å²) < 4.78 is 12.7. The fourth-order valence-electron chi connectivity index (χ4n) is 3.46. The molecule has 1 amide bonds. The SMILES string of the molecule is COc1ccc(OC)c(NC(=O)C(C)Sc2nnc(Cc3ccccc3)n2-c2ccccc2)c1. The normalized spacial score (nSPS) is 11.6. The van der Waals surface area contributed by atoms with Gasteiger partial charge in [-0.2, -0.15) is 0 Å². The Morgan fingerprint density at radius 2 is 1.68 bits per heavy atom. The van der Waals surface area contributed by atoms with E-state index in [1.807, 2.05) is 60.0 Å². The molecular formula is C26H26N4O3S. The van der Waals surface area contributed by atoms with Gasteiger partial charge < -0.3 is 14.8 Å². The topological polar surface area (TPSA) is 78.3 Å². The molecule has 8 heteroatoms. The molecule has 1 aromatic heterocycles. The van der Waals surface area contributed by atoms with Crippen LogP contribution in [0.1, 0.15) is 18.3 Å². The van der Waals surface area contributed by atoms with Gasteiger partial charge in [0.2, 0.25) is 5.91 Å². The largest absolute Gasteiger partial charge is 0.497 e. The quantitative estimate of drug-likeness (QED) is 0.344. The number of hydrogen-bond donors (Lipinski definition) is 1. The monoisotopic (exact) mass is 474 g/mol. The molecule has 4 aromatic rings. The number of benzene rings is 3. The van der Waals surface area contributed by atoms with Crippen LogP contribution in [0.3, 0.4) is 0 Å². The molecule has 0 fully saturated rings. The number of methoxy groups -OCH3 is 2. The van der Waals surface area contributed by atoms with E-state index in [1.165, 1.54) is 11.8 Å². The fraction of sp³-hybridized carbons (Fsp3) is 0.192. The molecule has 3 aromatic carbocycles. The lowest BCUT2D eigenvalue weighted by Gasteiger charge is -2.16. The van der Waals surface area contributed by atoms with Crippen LogP contribution in [0.2, 0.25) is 0 Å². The Kier molecular flexibility index (Phi) is 7.49.